The fourth-order valence-electron chi connectivity index (χ4n) is 2.36. The molecule has 0 heterocycles. The van der Waals surface area contributed by atoms with Gasteiger partial charge >= 0.3 is 0 Å². The van der Waals surface area contributed by atoms with E-state index in [0.717, 1.165) is 10.6 Å². The van der Waals surface area contributed by atoms with E-state index in [2.05, 4.69) is 5.32 Å². The molecule has 0 aromatic heterocycles. The van der Waals surface area contributed by atoms with E-state index in [9.17, 15) is 13.2 Å². The summed E-state index contributed by atoms with van der Waals surface area (Å²) in [6.45, 7) is 7.62. The van der Waals surface area contributed by atoms with E-state index in [1.54, 1.807) is 19.1 Å². The van der Waals surface area contributed by atoms with E-state index in [1.807, 2.05) is 20.8 Å². The molecule has 2 atom stereocenters. The lowest BCUT2D eigenvalue weighted by Gasteiger charge is -2.32. The highest BCUT2D eigenvalue weighted by atomic mass is 35.5. The summed E-state index contributed by atoms with van der Waals surface area (Å²) in [6.07, 6.45) is 1.37. The summed E-state index contributed by atoms with van der Waals surface area (Å²) in [5.41, 5.74) is 0.247. The molecular formula is C17H27ClN2O4S. The first-order valence-electron chi connectivity index (χ1n) is 8.16. The molecule has 0 spiro atoms. The third-order valence-electron chi connectivity index (χ3n) is 4.08. The molecule has 0 fully saturated rings. The van der Waals surface area contributed by atoms with Crippen molar-refractivity contribution < 1.29 is 17.9 Å². The fourth-order valence-corrected chi connectivity index (χ4v) is 3.73. The Morgan fingerprint density at radius 2 is 1.92 bits per heavy atom. The van der Waals surface area contributed by atoms with Gasteiger partial charge in [-0.3, -0.25) is 9.10 Å². The molecule has 0 saturated heterocycles. The molecule has 0 bridgehead atoms. The number of benzene rings is 1. The van der Waals surface area contributed by atoms with Gasteiger partial charge in [-0.15, -0.1) is 0 Å². The second-order valence-electron chi connectivity index (χ2n) is 6.34. The lowest BCUT2D eigenvalue weighted by molar-refractivity contribution is -0.123. The molecule has 25 heavy (non-hydrogen) atoms. The van der Waals surface area contributed by atoms with Crippen molar-refractivity contribution in [2.75, 3.05) is 17.7 Å². The zero-order valence-corrected chi connectivity index (χ0v) is 17.1. The zero-order chi connectivity index (χ0) is 19.4. The van der Waals surface area contributed by atoms with Gasteiger partial charge in [0.2, 0.25) is 15.9 Å². The first-order chi connectivity index (χ1) is 11.5. The first kappa shape index (κ1) is 21.6. The van der Waals surface area contributed by atoms with E-state index in [4.69, 9.17) is 16.3 Å². The number of halogens is 1. The molecule has 1 rings (SSSR count). The summed E-state index contributed by atoms with van der Waals surface area (Å²) < 4.78 is 31.3. The van der Waals surface area contributed by atoms with Gasteiger partial charge in [0.05, 0.1) is 19.1 Å². The highest BCUT2D eigenvalue weighted by Gasteiger charge is 2.34. The minimum absolute atomic E-state index is 0.0794. The number of rotatable bonds is 8. The maximum absolute atomic E-state index is 12.7. The molecule has 6 nitrogen and oxygen atoms in total. The second-order valence-corrected chi connectivity index (χ2v) is 8.64. The Hall–Kier alpha value is -1.47. The van der Waals surface area contributed by atoms with Crippen LogP contribution >= 0.6 is 11.6 Å². The minimum atomic E-state index is -3.75. The number of hydrogen-bond donors (Lipinski definition) is 1. The quantitative estimate of drug-likeness (QED) is 0.740. The van der Waals surface area contributed by atoms with Crippen molar-refractivity contribution in [1.29, 1.82) is 0 Å². The van der Waals surface area contributed by atoms with Crippen LogP contribution < -0.4 is 14.4 Å². The highest BCUT2D eigenvalue weighted by molar-refractivity contribution is 7.92. The van der Waals surface area contributed by atoms with Gasteiger partial charge in [-0.2, -0.15) is 0 Å². The molecule has 142 valence electrons. The monoisotopic (exact) mass is 390 g/mol. The van der Waals surface area contributed by atoms with Crippen molar-refractivity contribution in [3.63, 3.8) is 0 Å². The Kier molecular flexibility index (Phi) is 7.56. The molecule has 8 heteroatoms. The van der Waals surface area contributed by atoms with Gasteiger partial charge in [-0.1, -0.05) is 32.4 Å². The Morgan fingerprint density at radius 1 is 1.32 bits per heavy atom. The Bertz CT molecular complexity index is 707. The van der Waals surface area contributed by atoms with Crippen LogP contribution in [0.2, 0.25) is 5.02 Å². The van der Waals surface area contributed by atoms with Gasteiger partial charge in [0.15, 0.2) is 0 Å². The van der Waals surface area contributed by atoms with Gasteiger partial charge in [0.25, 0.3) is 0 Å². The lowest BCUT2D eigenvalue weighted by Crippen LogP contribution is -2.52. The van der Waals surface area contributed by atoms with Gasteiger partial charge in [-0.25, -0.2) is 8.42 Å². The zero-order valence-electron chi connectivity index (χ0n) is 15.5. The van der Waals surface area contributed by atoms with E-state index in [1.165, 1.54) is 13.2 Å². The molecule has 1 N–H and O–H groups in total. The maximum Gasteiger partial charge on any atom is 0.244 e. The van der Waals surface area contributed by atoms with Crippen LogP contribution in [-0.4, -0.2) is 39.8 Å². The summed E-state index contributed by atoms with van der Waals surface area (Å²) >= 11 is 6.04. The van der Waals surface area contributed by atoms with E-state index in [0.29, 0.717) is 17.2 Å². The predicted molar refractivity (Wildman–Crippen MR) is 102 cm³/mol. The number of anilines is 1. The average Bonchev–Trinajstić information content (AvgIpc) is 2.50. The molecule has 1 aromatic carbocycles. The van der Waals surface area contributed by atoms with Gasteiger partial charge in [0.1, 0.15) is 11.8 Å². The van der Waals surface area contributed by atoms with Gasteiger partial charge in [0, 0.05) is 11.1 Å². The van der Waals surface area contributed by atoms with Crippen LogP contribution in [0.5, 0.6) is 5.75 Å². The normalized spacial score (nSPS) is 14.1. The largest absolute Gasteiger partial charge is 0.495 e. The summed E-state index contributed by atoms with van der Waals surface area (Å²) in [6, 6.07) is 3.69. The summed E-state index contributed by atoms with van der Waals surface area (Å²) in [5.74, 6) is 0.211. The molecule has 0 unspecified atom stereocenters. The van der Waals surface area contributed by atoms with Crippen LogP contribution in [0.3, 0.4) is 0 Å². The van der Waals surface area contributed by atoms with E-state index < -0.39 is 16.1 Å². The molecule has 0 aliphatic rings. The summed E-state index contributed by atoms with van der Waals surface area (Å²) in [7, 11) is -2.31. The van der Waals surface area contributed by atoms with E-state index in [-0.39, 0.29) is 23.6 Å². The van der Waals surface area contributed by atoms with Crippen LogP contribution in [0.1, 0.15) is 34.1 Å². The Balaban J connectivity index is 3.39. The van der Waals surface area contributed by atoms with Crippen molar-refractivity contribution in [2.24, 2.45) is 5.92 Å². The highest BCUT2D eigenvalue weighted by Crippen LogP contribution is 2.34. The fraction of sp³-hybridized carbons (Fsp3) is 0.588. The number of carbonyl (C=O) groups is 1. The Morgan fingerprint density at radius 3 is 2.36 bits per heavy atom. The topological polar surface area (TPSA) is 75.7 Å². The molecule has 0 aliphatic carbocycles. The van der Waals surface area contributed by atoms with Crippen molar-refractivity contribution in [1.82, 2.24) is 5.32 Å². The minimum Gasteiger partial charge on any atom is -0.495 e. The molecule has 1 aromatic rings. The molecule has 0 aliphatic heterocycles. The van der Waals surface area contributed by atoms with Gasteiger partial charge < -0.3 is 10.1 Å². The van der Waals surface area contributed by atoms with Crippen molar-refractivity contribution in [3.05, 3.63) is 23.2 Å². The number of sulfonamides is 1. The van der Waals surface area contributed by atoms with Crippen LogP contribution in [0.4, 0.5) is 5.69 Å². The molecule has 1 amide bonds. The lowest BCUT2D eigenvalue weighted by atomic mass is 10.1. The average molecular weight is 391 g/mol. The SMILES string of the molecule is CC[C@H](C(=O)N[C@H](C)C(C)C)N(c1cc(Cl)ccc1OC)S(C)(=O)=O. The number of amides is 1. The third kappa shape index (κ3) is 5.51. The van der Waals surface area contributed by atoms with Crippen molar-refractivity contribution in [3.8, 4) is 5.75 Å². The molecule has 0 radical (unpaired) electrons. The summed E-state index contributed by atoms with van der Waals surface area (Å²) in [4.78, 5) is 12.7. The summed E-state index contributed by atoms with van der Waals surface area (Å²) in [5, 5.41) is 3.24. The number of nitrogens with one attached hydrogen (secondary N) is 1. The number of methoxy groups -OCH3 is 1. The van der Waals surface area contributed by atoms with Gasteiger partial charge in [-0.05, 0) is 37.5 Å². The smallest absolute Gasteiger partial charge is 0.244 e. The number of nitrogens with zero attached hydrogens (tertiary/aromatic N) is 1. The standard InChI is InChI=1S/C17H27ClN2O4S/c1-7-14(17(21)19-12(4)11(2)3)20(25(6,22)23)15-10-13(18)8-9-16(15)24-5/h8-12,14H,7H2,1-6H3,(H,19,21)/t12-,14-/m1/s1. The maximum atomic E-state index is 12.7. The number of ether oxygens (including phenoxy) is 1. The predicted octanol–water partition coefficient (Wildman–Crippen LogP) is 3.05. The van der Waals surface area contributed by atoms with Crippen LogP contribution in [0, 0.1) is 5.92 Å². The first-order valence-corrected chi connectivity index (χ1v) is 10.4. The van der Waals surface area contributed by atoms with Crippen molar-refractivity contribution in [2.45, 2.75) is 46.2 Å². The number of carbonyl (C=O) groups excluding carboxylic acids is 1. The third-order valence-corrected chi connectivity index (χ3v) is 5.48. The van der Waals surface area contributed by atoms with Crippen molar-refractivity contribution >= 4 is 33.2 Å². The number of hydrogen-bond acceptors (Lipinski definition) is 4. The van der Waals surface area contributed by atoms with Crippen LogP contribution in [0.25, 0.3) is 0 Å². The van der Waals surface area contributed by atoms with Crippen LogP contribution in [-0.2, 0) is 14.8 Å². The molecular weight excluding hydrogens is 364 g/mol. The Labute approximate surface area is 155 Å². The molecule has 0 saturated carbocycles. The second kappa shape index (κ2) is 8.76. The van der Waals surface area contributed by atoms with E-state index >= 15 is 0 Å². The van der Waals surface area contributed by atoms with Crippen LogP contribution in [0.15, 0.2) is 18.2 Å².